The van der Waals surface area contributed by atoms with Crippen molar-refractivity contribution in [3.63, 3.8) is 0 Å². The summed E-state index contributed by atoms with van der Waals surface area (Å²) in [5.74, 6) is -10.4. The molecule has 1 aliphatic heterocycles. The predicted molar refractivity (Wildman–Crippen MR) is 320 cm³/mol. The Hall–Kier alpha value is -7.03. The predicted octanol–water partition coefficient (Wildman–Crippen LogP) is 0.0522. The highest BCUT2D eigenvalue weighted by molar-refractivity contribution is 6.02. The summed E-state index contributed by atoms with van der Waals surface area (Å²) in [6.07, 6.45) is 3.28. The summed E-state index contributed by atoms with van der Waals surface area (Å²) in [6, 6.07) is -2.40. The first-order valence-corrected chi connectivity index (χ1v) is 30.2. The first-order chi connectivity index (χ1) is 40.6. The smallest absolute Gasteiger partial charge is 0.322 e. The van der Waals surface area contributed by atoms with Crippen LogP contribution in [0.3, 0.4) is 0 Å². The molecule has 0 spiro atoms. The van der Waals surface area contributed by atoms with Crippen molar-refractivity contribution in [2.75, 3.05) is 26.3 Å². The normalized spacial score (nSPS) is 17.7. The lowest BCUT2D eigenvalue weighted by Crippen LogP contribution is -2.62. The Morgan fingerprint density at radius 1 is 0.628 bits per heavy atom. The molecule has 1 aromatic rings. The van der Waals surface area contributed by atoms with Crippen molar-refractivity contribution in [1.29, 1.82) is 0 Å². The summed E-state index contributed by atoms with van der Waals surface area (Å²) >= 11 is 0. The van der Waals surface area contributed by atoms with Crippen LogP contribution in [0.15, 0.2) is 42.1 Å². The van der Waals surface area contributed by atoms with Crippen LogP contribution in [0.1, 0.15) is 152 Å². The highest BCUT2D eigenvalue weighted by atomic mass is 16.4. The second kappa shape index (κ2) is 38.9. The van der Waals surface area contributed by atoms with Gasteiger partial charge < -0.3 is 78.9 Å². The molecule has 26 heteroatoms. The van der Waals surface area contributed by atoms with Crippen LogP contribution in [-0.4, -0.2) is 177 Å². The number of unbranched alkanes of at least 4 members (excludes halogenated alkanes) is 2. The molecule has 1 saturated heterocycles. The molecule has 1 aromatic carbocycles. The van der Waals surface area contributed by atoms with Gasteiger partial charge in [-0.1, -0.05) is 131 Å². The number of rotatable bonds is 39. The number of amides is 10. The van der Waals surface area contributed by atoms with Crippen molar-refractivity contribution < 1.29 is 73.2 Å². The van der Waals surface area contributed by atoms with Gasteiger partial charge in [0.1, 0.15) is 60.6 Å². The van der Waals surface area contributed by atoms with E-state index in [4.69, 9.17) is 10.8 Å². The van der Waals surface area contributed by atoms with E-state index in [0.717, 1.165) is 24.2 Å². The largest absolute Gasteiger partial charge is 0.480 e. The fourth-order valence-corrected chi connectivity index (χ4v) is 9.68. The number of aliphatic hydroxyl groups excluding tert-OH is 3. The molecule has 86 heavy (non-hydrogen) atoms. The number of benzene rings is 1. The molecule has 1 aliphatic rings. The Labute approximate surface area is 505 Å². The van der Waals surface area contributed by atoms with E-state index in [1.165, 1.54) is 13.0 Å². The van der Waals surface area contributed by atoms with Crippen LogP contribution < -0.4 is 53.6 Å². The third-order valence-electron chi connectivity index (χ3n) is 15.0. The van der Waals surface area contributed by atoms with Crippen molar-refractivity contribution in [3.05, 3.63) is 47.7 Å². The van der Waals surface area contributed by atoms with Crippen molar-refractivity contribution >= 4 is 65.0 Å². The zero-order valence-corrected chi connectivity index (χ0v) is 51.9. The number of nitrogens with two attached hydrogens (primary N) is 1. The summed E-state index contributed by atoms with van der Waals surface area (Å²) in [4.78, 5) is 152. The first-order valence-electron chi connectivity index (χ1n) is 30.2. The van der Waals surface area contributed by atoms with Gasteiger partial charge in [-0.2, -0.15) is 0 Å². The number of carboxylic acids is 1. The summed E-state index contributed by atoms with van der Waals surface area (Å²) in [5, 5.41) is 63.4. The lowest BCUT2D eigenvalue weighted by molar-refractivity contribution is -0.139. The van der Waals surface area contributed by atoms with E-state index >= 15 is 0 Å². The van der Waals surface area contributed by atoms with Crippen LogP contribution in [0.5, 0.6) is 0 Å². The Morgan fingerprint density at radius 3 is 1.65 bits per heavy atom. The van der Waals surface area contributed by atoms with Crippen LogP contribution >= 0.6 is 0 Å². The van der Waals surface area contributed by atoms with E-state index in [0.29, 0.717) is 24.8 Å². The lowest BCUT2D eigenvalue weighted by atomic mass is 9.93. The molecule has 1 heterocycles. The average molecular weight is 1210 g/mol. The highest BCUT2D eigenvalue weighted by Crippen LogP contribution is 2.22. The molecule has 0 aromatic heterocycles. The highest BCUT2D eigenvalue weighted by Gasteiger charge is 2.42. The van der Waals surface area contributed by atoms with Crippen LogP contribution in [0.25, 0.3) is 0 Å². The second-order valence-electron chi connectivity index (χ2n) is 23.2. The molecular formula is C60H99N11O15. The number of carbonyl (C=O) groups excluding carboxylic acids is 10. The van der Waals surface area contributed by atoms with Crippen molar-refractivity contribution in [2.45, 2.75) is 213 Å². The number of hydrogen-bond donors (Lipinski definition) is 14. The Kier molecular flexibility index (Phi) is 34.0. The van der Waals surface area contributed by atoms with E-state index in [9.17, 15) is 68.1 Å². The van der Waals surface area contributed by atoms with Gasteiger partial charge in [-0.05, 0) is 68.3 Å². The molecule has 26 nitrogen and oxygen atoms in total. The van der Waals surface area contributed by atoms with Gasteiger partial charge in [0.15, 0.2) is 0 Å². The summed E-state index contributed by atoms with van der Waals surface area (Å²) in [7, 11) is 0. The number of hydrogen-bond acceptors (Lipinski definition) is 15. The molecule has 10 amide bonds. The van der Waals surface area contributed by atoms with Gasteiger partial charge in [0, 0.05) is 45.1 Å². The van der Waals surface area contributed by atoms with Gasteiger partial charge in [-0.3, -0.25) is 52.7 Å². The number of carbonyl (C=O) groups is 11. The van der Waals surface area contributed by atoms with Crippen molar-refractivity contribution in [1.82, 2.24) is 52.8 Å². The summed E-state index contributed by atoms with van der Waals surface area (Å²) in [6.45, 7) is 15.6. The fraction of sp³-hybridized carbons (Fsp3) is 0.683. The third-order valence-corrected chi connectivity index (χ3v) is 15.0. The Bertz CT molecular complexity index is 2430. The molecule has 0 bridgehead atoms. The molecule has 0 saturated carbocycles. The topological polar surface area (TPSA) is 406 Å². The number of nitrogens with one attached hydrogen (secondary N) is 9. The number of β-amino-alcohol motifs (C(OH)–C–C–N with tert-alkyl or cyclic N) is 1. The minimum Gasteiger partial charge on any atom is -0.480 e. The number of aliphatic carboxylic acids is 1. The minimum absolute atomic E-state index is 0.0516. The van der Waals surface area contributed by atoms with Gasteiger partial charge in [0.25, 0.3) is 5.91 Å². The van der Waals surface area contributed by atoms with Gasteiger partial charge in [0.2, 0.25) is 53.2 Å². The van der Waals surface area contributed by atoms with Crippen molar-refractivity contribution in [2.24, 2.45) is 29.4 Å². The van der Waals surface area contributed by atoms with Gasteiger partial charge in [-0.25, -0.2) is 0 Å². The molecular weight excluding hydrogens is 1110 g/mol. The molecule has 12 atom stereocenters. The molecule has 484 valence electrons. The van der Waals surface area contributed by atoms with E-state index in [1.807, 2.05) is 20.8 Å². The fourth-order valence-electron chi connectivity index (χ4n) is 9.68. The lowest BCUT2D eigenvalue weighted by Gasteiger charge is -2.31. The third kappa shape index (κ3) is 25.9. The van der Waals surface area contributed by atoms with E-state index in [2.05, 4.69) is 47.9 Å². The van der Waals surface area contributed by atoms with E-state index in [1.54, 1.807) is 71.9 Å². The standard InChI is InChI=1S/C60H99N11O15/c1-11-15-17-22-39(61)30-48(75)63-42(23-25-72)53(79)64-41(14-4)60(86)71-33-40(74)31-47(71)57(83)65-43(24-26-73)54(80)67-46(29-38-20-18-16-19-21-38)55(81)66-45(28-35(7)8)56(82)69-51(37(10)13-3)59(85)70-50(36(9)12-2)58(84)68-44(27-34(5)6)52(78)62-32-49(76)77/h14,16,18-21,34-37,39-40,42-47,50-51,72-74H,11-13,15,17,22-33,61H2,1-10H3,(H,62,78)(H,63,75)(H,64,79)(H,65,83)(H,66,81)(H,67,80)(H,68,84)(H,69,82)(H,70,85)(H,76,77). The van der Waals surface area contributed by atoms with Crippen molar-refractivity contribution in [3.8, 4) is 0 Å². The maximum Gasteiger partial charge on any atom is 0.322 e. The average Bonchev–Trinajstić information content (AvgIpc) is 3.02. The Balaban J connectivity index is 2.42. The number of aliphatic hydroxyl groups is 3. The van der Waals surface area contributed by atoms with Gasteiger partial charge in [-0.15, -0.1) is 0 Å². The Morgan fingerprint density at radius 2 is 1.13 bits per heavy atom. The van der Waals surface area contributed by atoms with Crippen LogP contribution in [0, 0.1) is 23.7 Å². The van der Waals surface area contributed by atoms with Gasteiger partial charge >= 0.3 is 5.97 Å². The van der Waals surface area contributed by atoms with Gasteiger partial charge in [0.05, 0.1) is 6.10 Å². The van der Waals surface area contributed by atoms with Crippen LogP contribution in [0.4, 0.5) is 0 Å². The van der Waals surface area contributed by atoms with E-state index in [-0.39, 0.29) is 69.0 Å². The summed E-state index contributed by atoms with van der Waals surface area (Å²) in [5.41, 5.74) is 6.39. The second-order valence-corrected chi connectivity index (χ2v) is 23.2. The number of nitrogens with zero attached hydrogens (tertiary/aromatic N) is 1. The van der Waals surface area contributed by atoms with E-state index < -0.39 is 157 Å². The summed E-state index contributed by atoms with van der Waals surface area (Å²) < 4.78 is 0. The zero-order valence-electron chi connectivity index (χ0n) is 51.9. The number of carboxylic acid groups (broad SMARTS) is 1. The zero-order chi connectivity index (χ0) is 64.8. The van der Waals surface area contributed by atoms with Crippen LogP contribution in [0.2, 0.25) is 0 Å². The molecule has 15 N–H and O–H groups in total. The number of likely N-dealkylation sites (tertiary alicyclic amines) is 1. The molecule has 0 aliphatic carbocycles. The maximum absolute atomic E-state index is 14.6. The van der Waals surface area contributed by atoms with Crippen LogP contribution in [-0.2, 0) is 59.2 Å². The maximum atomic E-state index is 14.6. The quantitative estimate of drug-likeness (QED) is 0.0306. The number of allylic oxidation sites excluding steroid dienone is 1. The minimum atomic E-state index is -1.53. The molecule has 2 rings (SSSR count). The first kappa shape index (κ1) is 75.1. The molecule has 12 unspecified atom stereocenters. The molecule has 1 fully saturated rings. The SMILES string of the molecule is CC=C(NC(=O)C(CCO)NC(=O)CC(N)CCCCC)C(=O)N1CC(O)CC1C(=O)NC(CCO)C(=O)NC(Cc1ccccc1)C(=O)NC(CC(C)C)C(=O)NC(C(=O)NC(C(=O)NC(CC(C)C)C(=O)NCC(=O)O)C(C)CC)C(C)CC. The monoisotopic (exact) mass is 1210 g/mol. The molecule has 0 radical (unpaired) electrons.